The molecule has 3 rings (SSSR count). The largest absolute Gasteiger partial charge is 0.286 e. The van der Waals surface area contributed by atoms with Gasteiger partial charge in [0.2, 0.25) is 0 Å². The van der Waals surface area contributed by atoms with Crippen molar-refractivity contribution in [3.63, 3.8) is 0 Å². The topological polar surface area (TPSA) is 30.2 Å². The summed E-state index contributed by atoms with van der Waals surface area (Å²) >= 11 is 0. The Kier molecular flexibility index (Phi) is 1.81. The third-order valence-corrected chi connectivity index (χ3v) is 3.34. The fourth-order valence-corrected chi connectivity index (χ4v) is 1.94. The van der Waals surface area contributed by atoms with Crippen molar-refractivity contribution in [1.29, 1.82) is 0 Å². The first kappa shape index (κ1) is 8.89. The number of hydrogen-bond acceptors (Lipinski definition) is 2. The second kappa shape index (κ2) is 3.05. The Bertz CT molecular complexity index is 509. The second-order valence-electron chi connectivity index (χ2n) is 4.58. The van der Waals surface area contributed by atoms with Gasteiger partial charge in [-0.1, -0.05) is 0 Å². The first-order valence-electron chi connectivity index (χ1n) is 5.55. The van der Waals surface area contributed by atoms with Gasteiger partial charge in [-0.2, -0.15) is 0 Å². The maximum Gasteiger partial charge on any atom is 0.163 e. The Balaban J connectivity index is 2.12. The van der Waals surface area contributed by atoms with Gasteiger partial charge in [0.25, 0.3) is 0 Å². The van der Waals surface area contributed by atoms with Crippen LogP contribution in [0.15, 0.2) is 12.3 Å². The summed E-state index contributed by atoms with van der Waals surface area (Å²) in [6, 6.07) is 2.14. The summed E-state index contributed by atoms with van der Waals surface area (Å²) in [6.07, 6.45) is 5.90. The van der Waals surface area contributed by atoms with Crippen molar-refractivity contribution in [2.75, 3.05) is 0 Å². The molecule has 1 aliphatic carbocycles. The Hall–Kier alpha value is -1.38. The van der Waals surface area contributed by atoms with Gasteiger partial charge in [-0.05, 0) is 49.8 Å². The van der Waals surface area contributed by atoms with E-state index in [1.807, 2.05) is 0 Å². The highest BCUT2D eigenvalue weighted by atomic mass is 15.2. The molecule has 3 heteroatoms. The molecule has 0 spiro atoms. The highest BCUT2D eigenvalue weighted by Gasteiger charge is 2.24. The number of rotatable bonds is 2. The van der Waals surface area contributed by atoms with Gasteiger partial charge >= 0.3 is 0 Å². The average Bonchev–Trinajstić information content (AvgIpc) is 2.93. The van der Waals surface area contributed by atoms with Gasteiger partial charge in [-0.15, -0.1) is 10.2 Å². The molecule has 2 heterocycles. The van der Waals surface area contributed by atoms with Crippen molar-refractivity contribution in [3.8, 4) is 0 Å². The lowest BCUT2D eigenvalue weighted by atomic mass is 10.2. The number of aryl methyl sites for hydroxylation is 2. The van der Waals surface area contributed by atoms with E-state index in [-0.39, 0.29) is 0 Å². The van der Waals surface area contributed by atoms with Crippen LogP contribution in [0.4, 0.5) is 0 Å². The summed E-state index contributed by atoms with van der Waals surface area (Å²) in [4.78, 5) is 0. The van der Waals surface area contributed by atoms with Gasteiger partial charge in [-0.25, -0.2) is 0 Å². The summed E-state index contributed by atoms with van der Waals surface area (Å²) in [5.41, 5.74) is 3.55. The zero-order chi connectivity index (χ0) is 10.4. The van der Waals surface area contributed by atoms with Gasteiger partial charge in [0.1, 0.15) is 5.82 Å². The van der Waals surface area contributed by atoms with Crippen molar-refractivity contribution in [1.82, 2.24) is 14.6 Å². The molecule has 1 aliphatic rings. The van der Waals surface area contributed by atoms with Crippen LogP contribution in [0.5, 0.6) is 0 Å². The quantitative estimate of drug-likeness (QED) is 0.746. The van der Waals surface area contributed by atoms with E-state index in [9.17, 15) is 0 Å². The molecule has 0 saturated heterocycles. The van der Waals surface area contributed by atoms with Crippen LogP contribution < -0.4 is 0 Å². The Morgan fingerprint density at radius 1 is 1.33 bits per heavy atom. The van der Waals surface area contributed by atoms with E-state index >= 15 is 0 Å². The van der Waals surface area contributed by atoms with Crippen molar-refractivity contribution >= 4 is 5.65 Å². The number of nitrogens with zero attached hydrogens (tertiary/aromatic N) is 3. The first-order chi connectivity index (χ1) is 7.25. The average molecular weight is 201 g/mol. The molecule has 1 saturated carbocycles. The predicted octanol–water partition coefficient (Wildman–Crippen LogP) is 2.30. The number of aromatic nitrogens is 3. The smallest absolute Gasteiger partial charge is 0.163 e. The van der Waals surface area contributed by atoms with E-state index < -0.39 is 0 Å². The van der Waals surface area contributed by atoms with Crippen LogP contribution in [-0.4, -0.2) is 14.6 Å². The molecule has 0 radical (unpaired) electrons. The molecule has 1 fully saturated rings. The van der Waals surface area contributed by atoms with Gasteiger partial charge in [0.05, 0.1) is 0 Å². The molecule has 2 aromatic rings. The Labute approximate surface area is 89.1 Å². The van der Waals surface area contributed by atoms with Gasteiger partial charge in [0.15, 0.2) is 5.65 Å². The molecule has 2 aromatic heterocycles. The van der Waals surface area contributed by atoms with Crippen molar-refractivity contribution in [3.05, 3.63) is 29.2 Å². The lowest BCUT2D eigenvalue weighted by Crippen LogP contribution is -1.97. The summed E-state index contributed by atoms with van der Waals surface area (Å²) < 4.78 is 2.14. The zero-order valence-corrected chi connectivity index (χ0v) is 9.20. The van der Waals surface area contributed by atoms with E-state index in [0.717, 1.165) is 23.8 Å². The lowest BCUT2D eigenvalue weighted by molar-refractivity contribution is 0.757. The molecule has 0 aromatic carbocycles. The fraction of sp³-hybridized carbons (Fsp3) is 0.500. The summed E-state index contributed by atoms with van der Waals surface area (Å²) in [7, 11) is 0. The molecular weight excluding hydrogens is 186 g/mol. The van der Waals surface area contributed by atoms with Crippen molar-refractivity contribution < 1.29 is 0 Å². The van der Waals surface area contributed by atoms with Crippen molar-refractivity contribution in [2.24, 2.45) is 5.92 Å². The van der Waals surface area contributed by atoms with Crippen LogP contribution in [-0.2, 0) is 6.42 Å². The minimum Gasteiger partial charge on any atom is -0.286 e. The van der Waals surface area contributed by atoms with E-state index in [2.05, 4.69) is 40.7 Å². The Morgan fingerprint density at radius 2 is 2.13 bits per heavy atom. The van der Waals surface area contributed by atoms with Crippen LogP contribution in [0.25, 0.3) is 5.65 Å². The summed E-state index contributed by atoms with van der Waals surface area (Å²) in [5.74, 6) is 1.98. The van der Waals surface area contributed by atoms with E-state index in [1.54, 1.807) is 0 Å². The monoisotopic (exact) mass is 201 g/mol. The normalized spacial score (nSPS) is 16.1. The third kappa shape index (κ3) is 1.42. The molecular formula is C12H15N3. The Morgan fingerprint density at radius 3 is 2.87 bits per heavy atom. The molecule has 78 valence electrons. The summed E-state index contributed by atoms with van der Waals surface area (Å²) in [5, 5.41) is 8.56. The van der Waals surface area contributed by atoms with E-state index in [1.165, 1.54) is 24.0 Å². The van der Waals surface area contributed by atoms with Gasteiger partial charge in [-0.3, -0.25) is 4.40 Å². The molecule has 0 N–H and O–H groups in total. The molecule has 0 amide bonds. The van der Waals surface area contributed by atoms with Gasteiger partial charge < -0.3 is 0 Å². The number of pyridine rings is 1. The van der Waals surface area contributed by atoms with E-state index in [0.29, 0.717) is 0 Å². The SMILES string of the molecule is Cc1ccn2c(CC3CC3)nnc2c1C. The highest BCUT2D eigenvalue weighted by molar-refractivity contribution is 5.50. The maximum absolute atomic E-state index is 4.29. The molecule has 15 heavy (non-hydrogen) atoms. The third-order valence-electron chi connectivity index (χ3n) is 3.34. The standard InChI is InChI=1S/C12H15N3/c1-8-5-6-15-11(7-10-3-4-10)13-14-12(15)9(8)2/h5-6,10H,3-4,7H2,1-2H3. The molecule has 0 aliphatic heterocycles. The minimum atomic E-state index is 0.860. The van der Waals surface area contributed by atoms with E-state index in [4.69, 9.17) is 0 Å². The molecule has 0 unspecified atom stereocenters. The highest BCUT2D eigenvalue weighted by Crippen LogP contribution is 2.32. The zero-order valence-electron chi connectivity index (χ0n) is 9.20. The molecule has 0 atom stereocenters. The second-order valence-corrected chi connectivity index (χ2v) is 4.58. The molecule has 0 bridgehead atoms. The predicted molar refractivity (Wildman–Crippen MR) is 58.9 cm³/mol. The maximum atomic E-state index is 4.29. The van der Waals surface area contributed by atoms with Crippen LogP contribution in [0.3, 0.4) is 0 Å². The van der Waals surface area contributed by atoms with Crippen LogP contribution in [0.1, 0.15) is 29.8 Å². The van der Waals surface area contributed by atoms with Crippen LogP contribution in [0, 0.1) is 19.8 Å². The number of fused-ring (bicyclic) bond motifs is 1. The number of hydrogen-bond donors (Lipinski definition) is 0. The fourth-order valence-electron chi connectivity index (χ4n) is 1.94. The summed E-state index contributed by atoms with van der Waals surface area (Å²) in [6.45, 7) is 4.23. The van der Waals surface area contributed by atoms with Crippen LogP contribution in [0.2, 0.25) is 0 Å². The molecule has 3 nitrogen and oxygen atoms in total. The van der Waals surface area contributed by atoms with Gasteiger partial charge in [0, 0.05) is 12.6 Å². The van der Waals surface area contributed by atoms with Crippen LogP contribution >= 0.6 is 0 Å². The lowest BCUT2D eigenvalue weighted by Gasteiger charge is -2.02. The first-order valence-corrected chi connectivity index (χ1v) is 5.55. The van der Waals surface area contributed by atoms with Crippen molar-refractivity contribution in [2.45, 2.75) is 33.1 Å². The minimum absolute atomic E-state index is 0.860.